The highest BCUT2D eigenvalue weighted by Crippen LogP contribution is 2.27. The van der Waals surface area contributed by atoms with Crippen molar-refractivity contribution in [3.8, 4) is 0 Å². The number of halogens is 1. The molecule has 1 aliphatic heterocycles. The SMILES string of the molecule is COCCOC1CCN(S(=O)(=O)c2ccccc2Br)CC1. The van der Waals surface area contributed by atoms with E-state index in [1.165, 1.54) is 4.31 Å². The van der Waals surface area contributed by atoms with Crippen molar-refractivity contribution in [1.29, 1.82) is 0 Å². The zero-order valence-corrected chi connectivity index (χ0v) is 14.4. The zero-order chi connectivity index (χ0) is 15.3. The Morgan fingerprint density at radius 1 is 1.24 bits per heavy atom. The maximum absolute atomic E-state index is 12.6. The molecule has 2 rings (SSSR count). The van der Waals surface area contributed by atoms with Crippen LogP contribution in [0.25, 0.3) is 0 Å². The third kappa shape index (κ3) is 4.26. The van der Waals surface area contributed by atoms with Gasteiger partial charge in [0.2, 0.25) is 10.0 Å². The zero-order valence-electron chi connectivity index (χ0n) is 12.0. The van der Waals surface area contributed by atoms with E-state index in [2.05, 4.69) is 15.9 Å². The molecule has 5 nitrogen and oxygen atoms in total. The summed E-state index contributed by atoms with van der Waals surface area (Å²) in [6, 6.07) is 6.91. The molecule has 0 aromatic heterocycles. The Balaban J connectivity index is 1.97. The molecule has 0 saturated carbocycles. The Morgan fingerprint density at radius 3 is 2.52 bits per heavy atom. The molecule has 0 bridgehead atoms. The molecule has 0 radical (unpaired) electrons. The molecule has 1 saturated heterocycles. The van der Waals surface area contributed by atoms with Gasteiger partial charge in [0.15, 0.2) is 0 Å². The fourth-order valence-corrected chi connectivity index (χ4v) is 4.76. The van der Waals surface area contributed by atoms with E-state index in [1.807, 2.05) is 0 Å². The number of hydrogen-bond acceptors (Lipinski definition) is 4. The van der Waals surface area contributed by atoms with Gasteiger partial charge in [0.1, 0.15) is 0 Å². The number of piperidine rings is 1. The topological polar surface area (TPSA) is 55.8 Å². The molecule has 0 atom stereocenters. The van der Waals surface area contributed by atoms with Gasteiger partial charge in [-0.25, -0.2) is 8.42 Å². The lowest BCUT2D eigenvalue weighted by molar-refractivity contribution is -0.00502. The second-order valence-electron chi connectivity index (χ2n) is 4.90. The van der Waals surface area contributed by atoms with Gasteiger partial charge < -0.3 is 9.47 Å². The minimum atomic E-state index is -3.44. The average Bonchev–Trinajstić information content (AvgIpc) is 2.48. The van der Waals surface area contributed by atoms with Gasteiger partial charge in [0.25, 0.3) is 0 Å². The van der Waals surface area contributed by atoms with Gasteiger partial charge in [-0.2, -0.15) is 4.31 Å². The fraction of sp³-hybridized carbons (Fsp3) is 0.571. The molecule has 0 unspecified atom stereocenters. The van der Waals surface area contributed by atoms with Crippen molar-refractivity contribution in [2.24, 2.45) is 0 Å². The van der Waals surface area contributed by atoms with Crippen LogP contribution < -0.4 is 0 Å². The van der Waals surface area contributed by atoms with Gasteiger partial charge in [0, 0.05) is 24.7 Å². The molecule has 1 aromatic carbocycles. The minimum absolute atomic E-state index is 0.116. The Labute approximate surface area is 134 Å². The van der Waals surface area contributed by atoms with Crippen molar-refractivity contribution in [3.05, 3.63) is 28.7 Å². The first kappa shape index (κ1) is 16.9. The van der Waals surface area contributed by atoms with Crippen molar-refractivity contribution in [3.63, 3.8) is 0 Å². The molecule has 1 aliphatic rings. The molecule has 0 amide bonds. The number of hydrogen-bond donors (Lipinski definition) is 0. The van der Waals surface area contributed by atoms with Crippen LogP contribution in [0.3, 0.4) is 0 Å². The largest absolute Gasteiger partial charge is 0.382 e. The molecule has 1 aromatic rings. The minimum Gasteiger partial charge on any atom is -0.382 e. The number of methoxy groups -OCH3 is 1. The Kier molecular flexibility index (Phi) is 6.19. The molecular formula is C14H20BrNO4S. The number of nitrogens with zero attached hydrogens (tertiary/aromatic N) is 1. The van der Waals surface area contributed by atoms with Gasteiger partial charge in [0.05, 0.1) is 24.2 Å². The van der Waals surface area contributed by atoms with Crippen LogP contribution in [0.4, 0.5) is 0 Å². The highest BCUT2D eigenvalue weighted by Gasteiger charge is 2.30. The van der Waals surface area contributed by atoms with E-state index in [9.17, 15) is 8.42 Å². The highest BCUT2D eigenvalue weighted by atomic mass is 79.9. The van der Waals surface area contributed by atoms with Crippen molar-refractivity contribution in [1.82, 2.24) is 4.31 Å². The average molecular weight is 378 g/mol. The van der Waals surface area contributed by atoms with E-state index in [4.69, 9.17) is 9.47 Å². The summed E-state index contributed by atoms with van der Waals surface area (Å²) in [5.74, 6) is 0. The van der Waals surface area contributed by atoms with E-state index in [0.717, 1.165) is 0 Å². The first-order valence-electron chi connectivity index (χ1n) is 6.91. The van der Waals surface area contributed by atoms with Crippen LogP contribution in [-0.2, 0) is 19.5 Å². The molecular weight excluding hydrogens is 358 g/mol. The van der Waals surface area contributed by atoms with Crippen LogP contribution in [0.2, 0.25) is 0 Å². The number of benzene rings is 1. The first-order valence-corrected chi connectivity index (χ1v) is 9.14. The van der Waals surface area contributed by atoms with Gasteiger partial charge in [-0.3, -0.25) is 0 Å². The fourth-order valence-electron chi connectivity index (χ4n) is 2.33. The molecule has 21 heavy (non-hydrogen) atoms. The summed E-state index contributed by atoms with van der Waals surface area (Å²) in [5.41, 5.74) is 0. The lowest BCUT2D eigenvalue weighted by Crippen LogP contribution is -2.41. The van der Waals surface area contributed by atoms with Crippen LogP contribution in [-0.4, -0.2) is 52.2 Å². The molecule has 0 spiro atoms. The maximum Gasteiger partial charge on any atom is 0.244 e. The van der Waals surface area contributed by atoms with Crippen LogP contribution in [0, 0.1) is 0 Å². The molecule has 1 fully saturated rings. The van der Waals surface area contributed by atoms with E-state index < -0.39 is 10.0 Å². The summed E-state index contributed by atoms with van der Waals surface area (Å²) in [5, 5.41) is 0. The predicted molar refractivity (Wildman–Crippen MR) is 83.8 cm³/mol. The molecule has 7 heteroatoms. The quantitative estimate of drug-likeness (QED) is 0.713. The standard InChI is InChI=1S/C14H20BrNO4S/c1-19-10-11-20-12-6-8-16(9-7-12)21(17,18)14-5-3-2-4-13(14)15/h2-5,12H,6-11H2,1H3. The Hall–Kier alpha value is -0.470. The summed E-state index contributed by atoms with van der Waals surface area (Å²) in [4.78, 5) is 0.323. The first-order chi connectivity index (χ1) is 10.1. The summed E-state index contributed by atoms with van der Waals surface area (Å²) < 4.78 is 38.0. The normalized spacial score (nSPS) is 18.0. The predicted octanol–water partition coefficient (Wildman–Crippen LogP) is 2.27. The molecule has 0 aliphatic carbocycles. The summed E-state index contributed by atoms with van der Waals surface area (Å²) in [7, 11) is -1.80. The van der Waals surface area contributed by atoms with Crippen LogP contribution in [0.15, 0.2) is 33.6 Å². The second kappa shape index (κ2) is 7.69. The summed E-state index contributed by atoms with van der Waals surface area (Å²) in [6.07, 6.45) is 1.55. The lowest BCUT2D eigenvalue weighted by atomic mass is 10.1. The van der Waals surface area contributed by atoms with Crippen LogP contribution in [0.1, 0.15) is 12.8 Å². The Morgan fingerprint density at radius 2 is 1.90 bits per heavy atom. The molecule has 1 heterocycles. The summed E-state index contributed by atoms with van der Waals surface area (Å²) >= 11 is 3.31. The van der Waals surface area contributed by atoms with E-state index >= 15 is 0 Å². The smallest absolute Gasteiger partial charge is 0.244 e. The second-order valence-corrected chi connectivity index (χ2v) is 7.66. The lowest BCUT2D eigenvalue weighted by Gasteiger charge is -2.31. The number of rotatable bonds is 6. The van der Waals surface area contributed by atoms with Gasteiger partial charge in [-0.1, -0.05) is 12.1 Å². The van der Waals surface area contributed by atoms with Crippen LogP contribution >= 0.6 is 15.9 Å². The van der Waals surface area contributed by atoms with E-state index in [-0.39, 0.29) is 6.10 Å². The number of ether oxygens (including phenoxy) is 2. The summed E-state index contributed by atoms with van der Waals surface area (Å²) in [6.45, 7) is 2.09. The third-order valence-electron chi connectivity index (χ3n) is 3.50. The van der Waals surface area contributed by atoms with Crippen molar-refractivity contribution >= 4 is 26.0 Å². The van der Waals surface area contributed by atoms with Crippen molar-refractivity contribution < 1.29 is 17.9 Å². The molecule has 0 N–H and O–H groups in total. The monoisotopic (exact) mass is 377 g/mol. The number of sulfonamides is 1. The van der Waals surface area contributed by atoms with Gasteiger partial charge in [-0.15, -0.1) is 0 Å². The molecule has 118 valence electrons. The van der Waals surface area contributed by atoms with Gasteiger partial charge in [-0.05, 0) is 40.9 Å². The highest BCUT2D eigenvalue weighted by molar-refractivity contribution is 9.10. The van der Waals surface area contributed by atoms with Crippen molar-refractivity contribution in [2.45, 2.75) is 23.8 Å². The van der Waals surface area contributed by atoms with Crippen molar-refractivity contribution in [2.75, 3.05) is 33.4 Å². The van der Waals surface area contributed by atoms with Gasteiger partial charge >= 0.3 is 0 Å². The van der Waals surface area contributed by atoms with E-state index in [1.54, 1.807) is 31.4 Å². The maximum atomic E-state index is 12.6. The Bertz CT molecular complexity index is 556. The van der Waals surface area contributed by atoms with E-state index in [0.29, 0.717) is 48.5 Å². The van der Waals surface area contributed by atoms with Crippen LogP contribution in [0.5, 0.6) is 0 Å². The third-order valence-corrected chi connectivity index (χ3v) is 6.41.